The fraction of sp³-hybridized carbons (Fsp3) is 0.0667. The van der Waals surface area contributed by atoms with Crippen LogP contribution in [-0.2, 0) is 6.61 Å². The van der Waals surface area contributed by atoms with Gasteiger partial charge in [0, 0.05) is 6.07 Å². The molecule has 0 spiro atoms. The normalized spacial score (nSPS) is 10.6. The van der Waals surface area contributed by atoms with Crippen LogP contribution >= 0.6 is 0 Å². The Kier molecular flexibility index (Phi) is 3.09. The maximum Gasteiger partial charge on any atom is 0.419 e. The predicted octanol–water partition coefficient (Wildman–Crippen LogP) is 2.06. The minimum atomic E-state index is -0.775. The first-order valence-electron chi connectivity index (χ1n) is 6.06. The lowest BCUT2D eigenvalue weighted by Crippen LogP contribution is -2.14. The molecule has 0 fully saturated rings. The van der Waals surface area contributed by atoms with Gasteiger partial charge >= 0.3 is 11.4 Å². The molecule has 1 heterocycles. The Morgan fingerprint density at radius 3 is 2.65 bits per heavy atom. The lowest BCUT2D eigenvalue weighted by Gasteiger charge is -2.06. The third-order valence-electron chi connectivity index (χ3n) is 2.88. The molecule has 0 aliphatic carbocycles. The van der Waals surface area contributed by atoms with Gasteiger partial charge < -0.3 is 9.15 Å². The van der Waals surface area contributed by atoms with Crippen LogP contribution < -0.4 is 16.1 Å². The predicted molar refractivity (Wildman–Crippen MR) is 73.9 cm³/mol. The van der Waals surface area contributed by atoms with Gasteiger partial charge in [0.25, 0.3) is 0 Å². The van der Waals surface area contributed by atoms with Gasteiger partial charge in [-0.1, -0.05) is 30.3 Å². The molecule has 0 unspecified atom stereocenters. The quantitative estimate of drug-likeness (QED) is 0.790. The minimum Gasteiger partial charge on any atom is -0.489 e. The topological polar surface area (TPSA) is 72.3 Å². The average molecular weight is 269 g/mol. The second kappa shape index (κ2) is 5.05. The molecule has 0 amide bonds. The highest BCUT2D eigenvalue weighted by Gasteiger charge is 2.04. The number of hydrogen-bond acceptors (Lipinski definition) is 4. The number of benzene rings is 2. The SMILES string of the molecule is O=c1[nH]c2cc(OCc3ccccc3)ccc2c(=O)o1. The van der Waals surface area contributed by atoms with Crippen molar-refractivity contribution >= 4 is 10.9 Å². The van der Waals surface area contributed by atoms with Crippen LogP contribution in [0.15, 0.2) is 62.5 Å². The lowest BCUT2D eigenvalue weighted by molar-refractivity contribution is 0.306. The summed E-state index contributed by atoms with van der Waals surface area (Å²) in [6.45, 7) is 0.415. The number of fused-ring (bicyclic) bond motifs is 1. The molecule has 5 heteroatoms. The highest BCUT2D eigenvalue weighted by atomic mass is 16.5. The van der Waals surface area contributed by atoms with Gasteiger partial charge in [-0.2, -0.15) is 0 Å². The lowest BCUT2D eigenvalue weighted by atomic mass is 10.2. The Balaban J connectivity index is 1.90. The van der Waals surface area contributed by atoms with E-state index in [1.165, 1.54) is 0 Å². The zero-order valence-electron chi connectivity index (χ0n) is 10.5. The summed E-state index contributed by atoms with van der Waals surface area (Å²) in [6, 6.07) is 14.6. The Hall–Kier alpha value is -2.82. The number of rotatable bonds is 3. The highest BCUT2D eigenvalue weighted by molar-refractivity contribution is 5.78. The molecule has 0 saturated heterocycles. The van der Waals surface area contributed by atoms with E-state index in [1.54, 1.807) is 18.2 Å². The summed E-state index contributed by atoms with van der Waals surface area (Å²) in [5, 5.41) is 0.316. The first-order chi connectivity index (χ1) is 9.72. The molecule has 0 aliphatic rings. The van der Waals surface area contributed by atoms with E-state index in [9.17, 15) is 9.59 Å². The minimum absolute atomic E-state index is 0.316. The molecule has 1 N–H and O–H groups in total. The van der Waals surface area contributed by atoms with Gasteiger partial charge in [0.2, 0.25) is 0 Å². The Morgan fingerprint density at radius 2 is 1.85 bits per heavy atom. The molecule has 0 aliphatic heterocycles. The maximum atomic E-state index is 11.5. The van der Waals surface area contributed by atoms with Crippen LogP contribution in [0.5, 0.6) is 5.75 Å². The molecule has 0 saturated carbocycles. The van der Waals surface area contributed by atoms with E-state index in [4.69, 9.17) is 4.74 Å². The zero-order valence-corrected chi connectivity index (χ0v) is 10.5. The molecular weight excluding hydrogens is 258 g/mol. The molecule has 5 nitrogen and oxygen atoms in total. The van der Waals surface area contributed by atoms with E-state index in [2.05, 4.69) is 9.40 Å². The number of aromatic amines is 1. The zero-order chi connectivity index (χ0) is 13.9. The summed E-state index contributed by atoms with van der Waals surface area (Å²) in [7, 11) is 0. The van der Waals surface area contributed by atoms with Crippen molar-refractivity contribution in [2.75, 3.05) is 0 Å². The molecule has 3 aromatic rings. The summed E-state index contributed by atoms with van der Waals surface area (Å²) >= 11 is 0. The van der Waals surface area contributed by atoms with Crippen molar-refractivity contribution < 1.29 is 9.15 Å². The third kappa shape index (κ3) is 2.47. The molecule has 0 atom stereocenters. The van der Waals surface area contributed by atoms with E-state index < -0.39 is 11.4 Å². The molecular formula is C15H11NO4. The van der Waals surface area contributed by atoms with Crippen LogP contribution in [0.4, 0.5) is 0 Å². The van der Waals surface area contributed by atoms with Crippen LogP contribution in [0.3, 0.4) is 0 Å². The van der Waals surface area contributed by atoms with Gasteiger partial charge in [-0.3, -0.25) is 4.98 Å². The Labute approximate surface area is 113 Å². The van der Waals surface area contributed by atoms with Gasteiger partial charge in [0.15, 0.2) is 0 Å². The van der Waals surface area contributed by atoms with Gasteiger partial charge in [-0.25, -0.2) is 9.59 Å². The van der Waals surface area contributed by atoms with E-state index in [-0.39, 0.29) is 0 Å². The summed E-state index contributed by atoms with van der Waals surface area (Å²) in [5.74, 6) is -0.203. The van der Waals surface area contributed by atoms with Gasteiger partial charge in [-0.15, -0.1) is 0 Å². The molecule has 100 valence electrons. The summed E-state index contributed by atoms with van der Waals surface area (Å²) in [6.07, 6.45) is 0. The van der Waals surface area contributed by atoms with Crippen molar-refractivity contribution in [1.82, 2.24) is 4.98 Å². The molecule has 3 rings (SSSR count). The van der Waals surface area contributed by atoms with Gasteiger partial charge in [-0.05, 0) is 17.7 Å². The standard InChI is InChI=1S/C15H11NO4/c17-14-12-7-6-11(8-13(12)16-15(18)20-14)19-9-10-4-2-1-3-5-10/h1-8H,9H2,(H,16,18). The Morgan fingerprint density at radius 1 is 1.05 bits per heavy atom. The van der Waals surface area contributed by atoms with Crippen molar-refractivity contribution in [1.29, 1.82) is 0 Å². The number of aromatic nitrogens is 1. The van der Waals surface area contributed by atoms with E-state index in [0.717, 1.165) is 5.56 Å². The summed E-state index contributed by atoms with van der Waals surface area (Å²) in [4.78, 5) is 25.1. The fourth-order valence-corrected chi connectivity index (χ4v) is 1.91. The van der Waals surface area contributed by atoms with E-state index >= 15 is 0 Å². The monoisotopic (exact) mass is 269 g/mol. The van der Waals surface area contributed by atoms with Gasteiger partial charge in [0.1, 0.15) is 12.4 Å². The average Bonchev–Trinajstić information content (AvgIpc) is 2.45. The number of nitrogens with one attached hydrogen (secondary N) is 1. The van der Waals surface area contributed by atoms with Crippen molar-refractivity contribution in [3.63, 3.8) is 0 Å². The number of ether oxygens (including phenoxy) is 1. The van der Waals surface area contributed by atoms with Crippen LogP contribution in [0.25, 0.3) is 10.9 Å². The van der Waals surface area contributed by atoms with Crippen LogP contribution in [0, 0.1) is 0 Å². The van der Waals surface area contributed by atoms with E-state index in [0.29, 0.717) is 23.3 Å². The van der Waals surface area contributed by atoms with Crippen molar-refractivity contribution in [2.24, 2.45) is 0 Å². The summed E-state index contributed by atoms with van der Waals surface area (Å²) in [5.41, 5.74) is 0.781. The first-order valence-corrected chi connectivity index (χ1v) is 6.06. The second-order valence-electron chi connectivity index (χ2n) is 4.28. The van der Waals surface area contributed by atoms with Crippen molar-refractivity contribution in [3.05, 3.63) is 75.1 Å². The molecule has 1 aromatic heterocycles. The van der Waals surface area contributed by atoms with Crippen LogP contribution in [0.1, 0.15) is 5.56 Å². The maximum absolute atomic E-state index is 11.5. The van der Waals surface area contributed by atoms with Crippen LogP contribution in [0.2, 0.25) is 0 Å². The molecule has 20 heavy (non-hydrogen) atoms. The smallest absolute Gasteiger partial charge is 0.419 e. The van der Waals surface area contributed by atoms with E-state index in [1.807, 2.05) is 30.3 Å². The van der Waals surface area contributed by atoms with Crippen molar-refractivity contribution in [3.8, 4) is 5.75 Å². The molecule has 0 bridgehead atoms. The summed E-state index contributed by atoms with van der Waals surface area (Å²) < 4.78 is 10.1. The fourth-order valence-electron chi connectivity index (χ4n) is 1.91. The molecule has 0 radical (unpaired) electrons. The molecule has 2 aromatic carbocycles. The number of H-pyrrole nitrogens is 1. The Bertz CT molecular complexity index is 849. The highest BCUT2D eigenvalue weighted by Crippen LogP contribution is 2.17. The van der Waals surface area contributed by atoms with Gasteiger partial charge in [0.05, 0.1) is 10.9 Å². The largest absolute Gasteiger partial charge is 0.489 e. The second-order valence-corrected chi connectivity index (χ2v) is 4.28. The van der Waals surface area contributed by atoms with Crippen LogP contribution in [-0.4, -0.2) is 4.98 Å². The van der Waals surface area contributed by atoms with Crippen molar-refractivity contribution in [2.45, 2.75) is 6.61 Å². The first kappa shape index (κ1) is 12.2. The third-order valence-corrected chi connectivity index (χ3v) is 2.88. The number of hydrogen-bond donors (Lipinski definition) is 1.